The molecule has 0 spiro atoms. The number of hydrogen-bond donors (Lipinski definition) is 0. The van der Waals surface area contributed by atoms with Crippen LogP contribution < -0.4 is 0 Å². The summed E-state index contributed by atoms with van der Waals surface area (Å²) in [6.07, 6.45) is 6.89. The predicted octanol–water partition coefficient (Wildman–Crippen LogP) is 11.7. The van der Waals surface area contributed by atoms with Gasteiger partial charge < -0.3 is 0 Å². The van der Waals surface area contributed by atoms with Gasteiger partial charge in [-0.1, -0.05) is 92.7 Å². The van der Waals surface area contributed by atoms with E-state index in [1.807, 2.05) is 0 Å². The Kier molecular flexibility index (Phi) is 5.62. The van der Waals surface area contributed by atoms with Gasteiger partial charge in [-0.15, -0.1) is 11.3 Å². The molecule has 4 heteroatoms. The summed E-state index contributed by atoms with van der Waals surface area (Å²) in [5.41, 5.74) is 12.3. The maximum absolute atomic E-state index is 5.43. The van der Waals surface area contributed by atoms with Gasteiger partial charge in [-0.3, -0.25) is 4.57 Å². The first-order valence-corrected chi connectivity index (χ1v) is 17.2. The molecule has 0 aliphatic heterocycles. The van der Waals surface area contributed by atoms with Crippen molar-refractivity contribution in [3.63, 3.8) is 0 Å². The van der Waals surface area contributed by atoms with Crippen molar-refractivity contribution >= 4 is 59.7 Å². The lowest BCUT2D eigenvalue weighted by atomic mass is 9.79. The zero-order valence-electron chi connectivity index (χ0n) is 26.3. The van der Waals surface area contributed by atoms with E-state index in [0.29, 0.717) is 0 Å². The summed E-state index contributed by atoms with van der Waals surface area (Å²) < 4.78 is 3.55. The van der Waals surface area contributed by atoms with Gasteiger partial charge in [-0.05, 0) is 105 Å². The SMILES string of the molecule is CC1(C)C2=C(CCC=C2)c2cc3c(-c4nc5ccccc5s4)c4ccccc4c(-c4nc5ccccc5n4-c4ccccc4)c3cc21. The van der Waals surface area contributed by atoms with E-state index in [0.717, 1.165) is 45.9 Å². The van der Waals surface area contributed by atoms with Gasteiger partial charge in [0.25, 0.3) is 0 Å². The molecule has 0 fully saturated rings. The van der Waals surface area contributed by atoms with Crippen molar-refractivity contribution < 1.29 is 0 Å². The number of aromatic nitrogens is 3. The molecule has 3 nitrogen and oxygen atoms in total. The number of fused-ring (bicyclic) bond motifs is 6. The van der Waals surface area contributed by atoms with Crippen LogP contribution in [0, 0.1) is 0 Å². The summed E-state index contributed by atoms with van der Waals surface area (Å²) in [5, 5.41) is 5.92. The van der Waals surface area contributed by atoms with Crippen molar-refractivity contribution in [3.8, 4) is 27.6 Å². The summed E-state index contributed by atoms with van der Waals surface area (Å²) >= 11 is 1.79. The highest BCUT2D eigenvalue weighted by atomic mass is 32.1. The standard InChI is InChI=1S/C43H31N3S/c1-43(2)33-19-9-8-16-27(33)30-24-31-32(25-34(30)43)39(41-44-35-20-10-12-22-37(35)46(41)26-14-4-3-5-15-26)28-17-6-7-18-29(28)40(31)42-45-36-21-11-13-23-38(36)47-42/h3-7,9-15,17-25H,8,16H2,1-2H3. The van der Waals surface area contributed by atoms with Gasteiger partial charge in [0.05, 0.1) is 21.3 Å². The van der Waals surface area contributed by atoms with Crippen LogP contribution in [0.25, 0.3) is 76.0 Å². The topological polar surface area (TPSA) is 30.7 Å². The van der Waals surface area contributed by atoms with Gasteiger partial charge in [-0.2, -0.15) is 0 Å². The summed E-state index contributed by atoms with van der Waals surface area (Å²) in [7, 11) is 0. The van der Waals surface area contributed by atoms with Crippen LogP contribution in [0.5, 0.6) is 0 Å². The summed E-state index contributed by atoms with van der Waals surface area (Å²) in [6.45, 7) is 4.79. The molecule has 0 N–H and O–H groups in total. The Balaban J connectivity index is 1.41. The normalized spacial score (nSPS) is 15.3. The van der Waals surface area contributed by atoms with E-state index in [1.165, 1.54) is 59.6 Å². The highest BCUT2D eigenvalue weighted by molar-refractivity contribution is 7.21. The quantitative estimate of drug-likeness (QED) is 0.184. The molecule has 8 aromatic rings. The number of imidazole rings is 1. The van der Waals surface area contributed by atoms with Crippen LogP contribution in [0.3, 0.4) is 0 Å². The molecule has 2 aromatic heterocycles. The van der Waals surface area contributed by atoms with Crippen molar-refractivity contribution in [2.24, 2.45) is 0 Å². The second kappa shape index (κ2) is 9.84. The molecule has 0 saturated heterocycles. The van der Waals surface area contributed by atoms with E-state index in [1.54, 1.807) is 11.3 Å². The van der Waals surface area contributed by atoms with Crippen molar-refractivity contribution in [1.82, 2.24) is 14.5 Å². The molecular formula is C43H31N3S. The molecule has 2 aliphatic rings. The zero-order valence-corrected chi connectivity index (χ0v) is 27.1. The van der Waals surface area contributed by atoms with Crippen LogP contribution in [0.15, 0.2) is 133 Å². The molecule has 0 saturated carbocycles. The van der Waals surface area contributed by atoms with Crippen molar-refractivity contribution in [3.05, 3.63) is 144 Å². The second-order valence-corrected chi connectivity index (χ2v) is 14.3. The molecule has 0 atom stereocenters. The predicted molar refractivity (Wildman–Crippen MR) is 198 cm³/mol. The van der Waals surface area contributed by atoms with Crippen LogP contribution in [-0.4, -0.2) is 14.5 Å². The van der Waals surface area contributed by atoms with E-state index in [2.05, 4.69) is 146 Å². The highest BCUT2D eigenvalue weighted by Gasteiger charge is 2.38. The Morgan fingerprint density at radius 1 is 0.681 bits per heavy atom. The Bertz CT molecular complexity index is 2620. The first-order chi connectivity index (χ1) is 23.1. The number of rotatable bonds is 3. The van der Waals surface area contributed by atoms with Gasteiger partial charge in [0.1, 0.15) is 10.8 Å². The smallest absolute Gasteiger partial charge is 0.146 e. The fourth-order valence-electron chi connectivity index (χ4n) is 8.15. The Labute approximate surface area is 277 Å². The first-order valence-electron chi connectivity index (χ1n) is 16.4. The molecule has 47 heavy (non-hydrogen) atoms. The van der Waals surface area contributed by atoms with Gasteiger partial charge in [0.2, 0.25) is 0 Å². The van der Waals surface area contributed by atoms with Gasteiger partial charge in [0.15, 0.2) is 0 Å². The van der Waals surface area contributed by atoms with Crippen LogP contribution >= 0.6 is 11.3 Å². The van der Waals surface area contributed by atoms with Gasteiger partial charge in [0, 0.05) is 22.2 Å². The molecule has 224 valence electrons. The van der Waals surface area contributed by atoms with E-state index in [-0.39, 0.29) is 5.41 Å². The first kappa shape index (κ1) is 26.9. The summed E-state index contributed by atoms with van der Waals surface area (Å²) in [4.78, 5) is 10.7. The maximum atomic E-state index is 5.43. The molecule has 0 radical (unpaired) electrons. The van der Waals surface area contributed by atoms with E-state index >= 15 is 0 Å². The van der Waals surface area contributed by atoms with Crippen molar-refractivity contribution in [2.75, 3.05) is 0 Å². The van der Waals surface area contributed by atoms with Crippen molar-refractivity contribution in [2.45, 2.75) is 32.1 Å². The van der Waals surface area contributed by atoms with Crippen LogP contribution in [0.2, 0.25) is 0 Å². The number of benzene rings is 6. The fourth-order valence-corrected chi connectivity index (χ4v) is 9.19. The molecular weight excluding hydrogens is 591 g/mol. The van der Waals surface area contributed by atoms with Crippen LogP contribution in [-0.2, 0) is 5.41 Å². The largest absolute Gasteiger partial charge is 0.292 e. The number of para-hydroxylation sites is 4. The lowest BCUT2D eigenvalue weighted by Crippen LogP contribution is -2.16. The van der Waals surface area contributed by atoms with Gasteiger partial charge >= 0.3 is 0 Å². The third-order valence-corrected chi connectivity index (χ3v) is 11.4. The molecule has 2 heterocycles. The molecule has 0 unspecified atom stereocenters. The van der Waals surface area contributed by atoms with E-state index in [4.69, 9.17) is 9.97 Å². The molecule has 2 aliphatic carbocycles. The average Bonchev–Trinajstić information content (AvgIpc) is 3.77. The lowest BCUT2D eigenvalue weighted by molar-refractivity contribution is 0.652. The number of hydrogen-bond acceptors (Lipinski definition) is 3. The minimum Gasteiger partial charge on any atom is -0.292 e. The zero-order chi connectivity index (χ0) is 31.3. The third-order valence-electron chi connectivity index (χ3n) is 10.3. The average molecular weight is 622 g/mol. The Hall–Kier alpha value is -5.32. The fraction of sp³-hybridized carbons (Fsp3) is 0.116. The minimum atomic E-state index is -0.0890. The monoisotopic (exact) mass is 621 g/mol. The molecule has 10 rings (SSSR count). The van der Waals surface area contributed by atoms with Crippen molar-refractivity contribution in [1.29, 1.82) is 0 Å². The maximum Gasteiger partial charge on any atom is 0.146 e. The third kappa shape index (κ3) is 3.79. The van der Waals surface area contributed by atoms with Crippen LogP contribution in [0.4, 0.5) is 0 Å². The van der Waals surface area contributed by atoms with E-state index < -0.39 is 0 Å². The number of thiazole rings is 1. The van der Waals surface area contributed by atoms with Gasteiger partial charge in [-0.25, -0.2) is 9.97 Å². The number of nitrogens with zero attached hydrogens (tertiary/aromatic N) is 3. The Morgan fingerprint density at radius 3 is 2.21 bits per heavy atom. The summed E-state index contributed by atoms with van der Waals surface area (Å²) in [5.74, 6) is 0.961. The highest BCUT2D eigenvalue weighted by Crippen LogP contribution is 2.54. The van der Waals surface area contributed by atoms with Crippen LogP contribution in [0.1, 0.15) is 37.8 Å². The second-order valence-electron chi connectivity index (χ2n) is 13.3. The minimum absolute atomic E-state index is 0.0890. The molecule has 0 amide bonds. The molecule has 6 aromatic carbocycles. The lowest BCUT2D eigenvalue weighted by Gasteiger charge is -2.25. The number of allylic oxidation sites excluding steroid dienone is 4. The Morgan fingerprint density at radius 2 is 1.38 bits per heavy atom. The summed E-state index contributed by atoms with van der Waals surface area (Å²) in [6, 6.07) is 41.6. The van der Waals surface area contributed by atoms with E-state index in [9.17, 15) is 0 Å². The molecule has 0 bridgehead atoms.